The van der Waals surface area contributed by atoms with E-state index in [0.29, 0.717) is 17.2 Å². The molecule has 1 aliphatic rings. The summed E-state index contributed by atoms with van der Waals surface area (Å²) in [6.45, 7) is 1.31. The Morgan fingerprint density at radius 2 is 2.42 bits per heavy atom. The fourth-order valence-corrected chi connectivity index (χ4v) is 2.96. The summed E-state index contributed by atoms with van der Waals surface area (Å²) in [4.78, 5) is 13.0. The molecule has 2 aromatic rings. The van der Waals surface area contributed by atoms with Crippen LogP contribution in [0.3, 0.4) is 0 Å². The van der Waals surface area contributed by atoms with Gasteiger partial charge >= 0.3 is 5.97 Å². The summed E-state index contributed by atoms with van der Waals surface area (Å²) in [5, 5.41) is 22.5. The molecule has 1 N–H and O–H groups in total. The van der Waals surface area contributed by atoms with Crippen LogP contribution >= 0.6 is 11.3 Å². The van der Waals surface area contributed by atoms with Crippen molar-refractivity contribution in [3.05, 3.63) is 12.3 Å². The molecule has 0 aromatic carbocycles. The standard InChI is InChI=1S/C11H12N4O3S/c16-10(17)7-2-1-4-15(6-7)11-13-12-9(19-11)8-3-5-18-14-8/h3,5,7H,1-2,4,6H2,(H,16,17). The number of carboxylic acid groups (broad SMARTS) is 1. The number of anilines is 1. The first-order valence-corrected chi connectivity index (χ1v) is 6.77. The Labute approximate surface area is 112 Å². The van der Waals surface area contributed by atoms with Crippen molar-refractivity contribution in [1.82, 2.24) is 15.4 Å². The number of carbonyl (C=O) groups is 1. The Hall–Kier alpha value is -1.96. The van der Waals surface area contributed by atoms with Gasteiger partial charge in [-0.15, -0.1) is 10.2 Å². The van der Waals surface area contributed by atoms with Gasteiger partial charge in [0.25, 0.3) is 0 Å². The highest BCUT2D eigenvalue weighted by atomic mass is 32.1. The van der Waals surface area contributed by atoms with E-state index in [-0.39, 0.29) is 5.92 Å². The first-order valence-electron chi connectivity index (χ1n) is 5.96. The molecule has 1 fully saturated rings. The van der Waals surface area contributed by atoms with Gasteiger partial charge in [-0.05, 0) is 12.8 Å². The van der Waals surface area contributed by atoms with Gasteiger partial charge in [0.15, 0.2) is 5.01 Å². The van der Waals surface area contributed by atoms with Gasteiger partial charge in [-0.2, -0.15) is 0 Å². The minimum atomic E-state index is -0.744. The normalized spacial score (nSPS) is 19.6. The van der Waals surface area contributed by atoms with Crippen LogP contribution in [0.1, 0.15) is 12.8 Å². The lowest BCUT2D eigenvalue weighted by Crippen LogP contribution is -2.38. The Morgan fingerprint density at radius 1 is 1.53 bits per heavy atom. The largest absolute Gasteiger partial charge is 0.481 e. The summed E-state index contributed by atoms with van der Waals surface area (Å²) < 4.78 is 4.77. The number of aromatic nitrogens is 3. The van der Waals surface area contributed by atoms with Crippen molar-refractivity contribution in [2.75, 3.05) is 18.0 Å². The van der Waals surface area contributed by atoms with Gasteiger partial charge in [0, 0.05) is 19.2 Å². The molecule has 1 saturated heterocycles. The molecule has 3 rings (SSSR count). The second kappa shape index (κ2) is 4.96. The van der Waals surface area contributed by atoms with Crippen LogP contribution in [0.25, 0.3) is 10.7 Å². The summed E-state index contributed by atoms with van der Waals surface area (Å²) in [7, 11) is 0. The summed E-state index contributed by atoms with van der Waals surface area (Å²) >= 11 is 1.40. The molecule has 0 spiro atoms. The first-order chi connectivity index (χ1) is 9.24. The minimum absolute atomic E-state index is 0.326. The molecule has 2 aromatic heterocycles. The average molecular weight is 280 g/mol. The van der Waals surface area contributed by atoms with Crippen LogP contribution in [-0.4, -0.2) is 39.5 Å². The molecule has 3 heterocycles. The van der Waals surface area contributed by atoms with Crippen LogP contribution in [-0.2, 0) is 4.79 Å². The number of rotatable bonds is 3. The summed E-state index contributed by atoms with van der Waals surface area (Å²) in [6, 6.07) is 1.72. The van der Waals surface area contributed by atoms with Crippen LogP contribution < -0.4 is 4.90 Å². The third-order valence-electron chi connectivity index (χ3n) is 3.11. The Bertz CT molecular complexity index is 568. The zero-order chi connectivity index (χ0) is 13.2. The molecule has 1 unspecified atom stereocenters. The minimum Gasteiger partial charge on any atom is -0.481 e. The molecule has 0 radical (unpaired) electrons. The smallest absolute Gasteiger partial charge is 0.308 e. The predicted octanol–water partition coefficient (Wildman–Crippen LogP) is 1.49. The highest BCUT2D eigenvalue weighted by molar-refractivity contribution is 7.18. The maximum Gasteiger partial charge on any atom is 0.308 e. The molecule has 0 bridgehead atoms. The number of nitrogens with zero attached hydrogens (tertiary/aromatic N) is 4. The topological polar surface area (TPSA) is 92.3 Å². The van der Waals surface area contributed by atoms with Gasteiger partial charge in [-0.3, -0.25) is 4.79 Å². The van der Waals surface area contributed by atoms with Crippen LogP contribution in [0.2, 0.25) is 0 Å². The van der Waals surface area contributed by atoms with E-state index in [1.54, 1.807) is 6.07 Å². The van der Waals surface area contributed by atoms with E-state index in [1.165, 1.54) is 17.6 Å². The molecule has 19 heavy (non-hydrogen) atoms. The zero-order valence-corrected chi connectivity index (χ0v) is 10.8. The van der Waals surface area contributed by atoms with Crippen molar-refractivity contribution in [3.8, 4) is 10.7 Å². The Balaban J connectivity index is 1.77. The fraction of sp³-hybridized carbons (Fsp3) is 0.455. The van der Waals surface area contributed by atoms with E-state index in [9.17, 15) is 4.79 Å². The van der Waals surface area contributed by atoms with E-state index in [1.807, 2.05) is 4.90 Å². The number of hydrogen-bond donors (Lipinski definition) is 1. The van der Waals surface area contributed by atoms with Gasteiger partial charge in [-0.25, -0.2) is 0 Å². The van der Waals surface area contributed by atoms with Gasteiger partial charge in [0.1, 0.15) is 12.0 Å². The van der Waals surface area contributed by atoms with Crippen molar-refractivity contribution in [2.24, 2.45) is 5.92 Å². The SMILES string of the molecule is O=C(O)C1CCCN(c2nnc(-c3ccon3)s2)C1. The number of piperidine rings is 1. The molecule has 0 aliphatic carbocycles. The lowest BCUT2D eigenvalue weighted by molar-refractivity contribution is -0.141. The van der Waals surface area contributed by atoms with Crippen LogP contribution in [0.15, 0.2) is 16.9 Å². The Morgan fingerprint density at radius 3 is 3.16 bits per heavy atom. The quantitative estimate of drug-likeness (QED) is 0.910. The first kappa shape index (κ1) is 12.1. The van der Waals surface area contributed by atoms with E-state index in [2.05, 4.69) is 15.4 Å². The lowest BCUT2D eigenvalue weighted by atomic mass is 9.99. The molecule has 7 nitrogen and oxygen atoms in total. The third kappa shape index (κ3) is 2.43. The lowest BCUT2D eigenvalue weighted by Gasteiger charge is -2.29. The molecule has 8 heteroatoms. The molecule has 100 valence electrons. The summed E-state index contributed by atoms with van der Waals surface area (Å²) in [6.07, 6.45) is 3.06. The monoisotopic (exact) mass is 280 g/mol. The van der Waals surface area contributed by atoms with E-state index in [0.717, 1.165) is 24.5 Å². The highest BCUT2D eigenvalue weighted by Gasteiger charge is 2.27. The number of hydrogen-bond acceptors (Lipinski definition) is 7. The average Bonchev–Trinajstić information content (AvgIpc) is 3.09. The van der Waals surface area contributed by atoms with Crippen LogP contribution in [0.4, 0.5) is 5.13 Å². The molecular formula is C11H12N4O3S. The fourth-order valence-electron chi connectivity index (χ4n) is 2.12. The van der Waals surface area contributed by atoms with Gasteiger partial charge in [0.05, 0.1) is 5.92 Å². The van der Waals surface area contributed by atoms with E-state index in [4.69, 9.17) is 9.63 Å². The number of aliphatic carboxylic acids is 1. The van der Waals surface area contributed by atoms with Gasteiger partial charge < -0.3 is 14.5 Å². The third-order valence-corrected chi connectivity index (χ3v) is 4.12. The van der Waals surface area contributed by atoms with Gasteiger partial charge in [0.2, 0.25) is 5.13 Å². The summed E-state index contributed by atoms with van der Waals surface area (Å²) in [5.41, 5.74) is 0.649. The van der Waals surface area contributed by atoms with Gasteiger partial charge in [-0.1, -0.05) is 16.5 Å². The van der Waals surface area contributed by atoms with Crippen molar-refractivity contribution in [2.45, 2.75) is 12.8 Å². The summed E-state index contributed by atoms with van der Waals surface area (Å²) in [5.74, 6) is -1.07. The van der Waals surface area contributed by atoms with Crippen molar-refractivity contribution < 1.29 is 14.4 Å². The molecule has 1 atom stereocenters. The van der Waals surface area contributed by atoms with Crippen LogP contribution in [0.5, 0.6) is 0 Å². The number of carboxylic acids is 1. The molecule has 1 aliphatic heterocycles. The van der Waals surface area contributed by atoms with Crippen molar-refractivity contribution in [3.63, 3.8) is 0 Å². The maximum absolute atomic E-state index is 11.0. The molecule has 0 saturated carbocycles. The molecule has 0 amide bonds. The Kier molecular flexibility index (Phi) is 3.16. The highest BCUT2D eigenvalue weighted by Crippen LogP contribution is 2.30. The zero-order valence-electron chi connectivity index (χ0n) is 10.0. The van der Waals surface area contributed by atoms with Crippen molar-refractivity contribution in [1.29, 1.82) is 0 Å². The molecular weight excluding hydrogens is 268 g/mol. The van der Waals surface area contributed by atoms with Crippen molar-refractivity contribution >= 4 is 22.4 Å². The van der Waals surface area contributed by atoms with Crippen LogP contribution in [0, 0.1) is 5.92 Å². The predicted molar refractivity (Wildman–Crippen MR) is 68.0 cm³/mol. The van der Waals surface area contributed by atoms with E-state index < -0.39 is 5.97 Å². The van der Waals surface area contributed by atoms with E-state index >= 15 is 0 Å². The maximum atomic E-state index is 11.0. The second-order valence-electron chi connectivity index (χ2n) is 4.40. The second-order valence-corrected chi connectivity index (χ2v) is 5.35.